The molecule has 4 nitrogen and oxygen atoms in total. The van der Waals surface area contributed by atoms with Gasteiger partial charge in [-0.1, -0.05) is 41.5 Å². The zero-order valence-corrected chi connectivity index (χ0v) is 16.8. The SMILES string of the molecule is Cc1nc(-n2cccc2)sc1C(=O)N1CCCCC(c2ccc(Cl)cc2)C1. The van der Waals surface area contributed by atoms with Crippen LogP contribution in [0.5, 0.6) is 0 Å². The van der Waals surface area contributed by atoms with Crippen molar-refractivity contribution in [1.82, 2.24) is 14.5 Å². The number of thiazole rings is 1. The number of rotatable bonds is 3. The van der Waals surface area contributed by atoms with Crippen LogP contribution in [-0.2, 0) is 0 Å². The summed E-state index contributed by atoms with van der Waals surface area (Å²) in [6.07, 6.45) is 7.18. The first kappa shape index (κ1) is 18.3. The van der Waals surface area contributed by atoms with E-state index < -0.39 is 0 Å². The predicted octanol–water partition coefficient (Wildman–Crippen LogP) is 5.31. The first-order valence-electron chi connectivity index (χ1n) is 9.27. The van der Waals surface area contributed by atoms with Gasteiger partial charge in [0.05, 0.1) is 5.69 Å². The van der Waals surface area contributed by atoms with Gasteiger partial charge in [0.15, 0.2) is 5.13 Å². The van der Waals surface area contributed by atoms with Crippen LogP contribution in [0.3, 0.4) is 0 Å². The Kier molecular flexibility index (Phi) is 5.32. The number of nitrogens with zero attached hydrogens (tertiary/aromatic N) is 3. The molecule has 1 aromatic carbocycles. The van der Waals surface area contributed by atoms with E-state index in [0.717, 1.165) is 53.1 Å². The molecule has 0 spiro atoms. The van der Waals surface area contributed by atoms with Crippen LogP contribution in [0.25, 0.3) is 5.13 Å². The van der Waals surface area contributed by atoms with Crippen molar-refractivity contribution in [3.63, 3.8) is 0 Å². The molecule has 3 heterocycles. The maximum Gasteiger partial charge on any atom is 0.265 e. The largest absolute Gasteiger partial charge is 0.337 e. The number of halogens is 1. The van der Waals surface area contributed by atoms with Crippen molar-refractivity contribution in [3.05, 3.63) is 69.9 Å². The van der Waals surface area contributed by atoms with Crippen LogP contribution in [-0.4, -0.2) is 33.4 Å². The zero-order chi connectivity index (χ0) is 18.8. The Labute approximate surface area is 168 Å². The molecule has 6 heteroatoms. The van der Waals surface area contributed by atoms with E-state index in [9.17, 15) is 4.79 Å². The van der Waals surface area contributed by atoms with Gasteiger partial charge in [-0.05, 0) is 49.6 Å². The first-order chi connectivity index (χ1) is 13.1. The highest BCUT2D eigenvalue weighted by Gasteiger charge is 2.27. The van der Waals surface area contributed by atoms with Crippen molar-refractivity contribution in [2.24, 2.45) is 0 Å². The second-order valence-corrected chi connectivity index (χ2v) is 8.41. The van der Waals surface area contributed by atoms with E-state index >= 15 is 0 Å². The van der Waals surface area contributed by atoms with E-state index in [1.54, 1.807) is 0 Å². The lowest BCUT2D eigenvalue weighted by Gasteiger charge is -2.24. The van der Waals surface area contributed by atoms with Crippen LogP contribution in [0.1, 0.15) is 46.1 Å². The maximum absolute atomic E-state index is 13.3. The van der Waals surface area contributed by atoms with E-state index in [2.05, 4.69) is 17.1 Å². The van der Waals surface area contributed by atoms with Crippen LogP contribution in [0, 0.1) is 6.92 Å². The molecule has 1 amide bonds. The van der Waals surface area contributed by atoms with Crippen molar-refractivity contribution < 1.29 is 4.79 Å². The second kappa shape index (κ2) is 7.87. The number of aryl methyl sites for hydroxylation is 1. The molecule has 1 atom stereocenters. The van der Waals surface area contributed by atoms with E-state index in [1.807, 2.05) is 53.0 Å². The molecule has 140 valence electrons. The molecule has 1 unspecified atom stereocenters. The number of carbonyl (C=O) groups excluding carboxylic acids is 1. The molecule has 1 aliphatic heterocycles. The van der Waals surface area contributed by atoms with Crippen LogP contribution in [0.2, 0.25) is 5.02 Å². The summed E-state index contributed by atoms with van der Waals surface area (Å²) >= 11 is 7.50. The summed E-state index contributed by atoms with van der Waals surface area (Å²) in [5.74, 6) is 0.454. The number of hydrogen-bond donors (Lipinski definition) is 0. The Balaban J connectivity index is 1.56. The lowest BCUT2D eigenvalue weighted by Crippen LogP contribution is -2.34. The summed E-state index contributed by atoms with van der Waals surface area (Å²) in [6.45, 7) is 3.47. The first-order valence-corrected chi connectivity index (χ1v) is 10.5. The summed E-state index contributed by atoms with van der Waals surface area (Å²) < 4.78 is 1.95. The van der Waals surface area contributed by atoms with E-state index in [4.69, 9.17) is 11.6 Å². The Hall–Kier alpha value is -2.11. The van der Waals surface area contributed by atoms with Crippen molar-refractivity contribution in [1.29, 1.82) is 0 Å². The number of carbonyl (C=O) groups is 1. The fourth-order valence-corrected chi connectivity index (χ4v) is 4.76. The summed E-state index contributed by atoms with van der Waals surface area (Å²) in [4.78, 5) is 20.6. The molecule has 1 aliphatic rings. The lowest BCUT2D eigenvalue weighted by molar-refractivity contribution is 0.0758. The second-order valence-electron chi connectivity index (χ2n) is 7.00. The van der Waals surface area contributed by atoms with E-state index in [1.165, 1.54) is 16.9 Å². The normalized spacial score (nSPS) is 17.7. The van der Waals surface area contributed by atoms with E-state index in [0.29, 0.717) is 5.92 Å². The van der Waals surface area contributed by atoms with Crippen molar-refractivity contribution in [2.45, 2.75) is 32.1 Å². The topological polar surface area (TPSA) is 38.1 Å². The Morgan fingerprint density at radius 3 is 2.67 bits per heavy atom. The van der Waals surface area contributed by atoms with Crippen LogP contribution < -0.4 is 0 Å². The average molecular weight is 400 g/mol. The minimum Gasteiger partial charge on any atom is -0.337 e. The van der Waals surface area contributed by atoms with Crippen molar-refractivity contribution in [3.8, 4) is 5.13 Å². The average Bonchev–Trinajstić information content (AvgIpc) is 3.26. The fourth-order valence-electron chi connectivity index (χ4n) is 3.63. The molecule has 1 fully saturated rings. The minimum atomic E-state index is 0.101. The van der Waals surface area contributed by atoms with Crippen LogP contribution in [0.4, 0.5) is 0 Å². The molecule has 2 aromatic heterocycles. The third-order valence-corrected chi connectivity index (χ3v) is 6.52. The Morgan fingerprint density at radius 2 is 1.93 bits per heavy atom. The van der Waals surface area contributed by atoms with Gasteiger partial charge in [0.1, 0.15) is 4.88 Å². The number of hydrogen-bond acceptors (Lipinski definition) is 3. The van der Waals surface area contributed by atoms with E-state index in [-0.39, 0.29) is 5.91 Å². The third-order valence-electron chi connectivity index (χ3n) is 5.10. The van der Waals surface area contributed by atoms with Crippen LogP contribution in [0.15, 0.2) is 48.8 Å². The van der Waals surface area contributed by atoms with Crippen molar-refractivity contribution in [2.75, 3.05) is 13.1 Å². The van der Waals surface area contributed by atoms with Gasteiger partial charge in [-0.3, -0.25) is 4.79 Å². The monoisotopic (exact) mass is 399 g/mol. The summed E-state index contributed by atoms with van der Waals surface area (Å²) in [5.41, 5.74) is 2.06. The smallest absolute Gasteiger partial charge is 0.265 e. The maximum atomic E-state index is 13.3. The molecule has 0 bridgehead atoms. The fraction of sp³-hybridized carbons (Fsp3) is 0.333. The lowest BCUT2D eigenvalue weighted by atomic mass is 9.94. The quantitative estimate of drug-likeness (QED) is 0.598. The van der Waals surface area contributed by atoms with Crippen molar-refractivity contribution >= 4 is 28.8 Å². The zero-order valence-electron chi connectivity index (χ0n) is 15.3. The highest BCUT2D eigenvalue weighted by molar-refractivity contribution is 7.16. The molecule has 3 aromatic rings. The highest BCUT2D eigenvalue weighted by Crippen LogP contribution is 2.30. The Bertz CT molecular complexity index is 918. The highest BCUT2D eigenvalue weighted by atomic mass is 35.5. The molecule has 4 rings (SSSR count). The molecule has 0 N–H and O–H groups in total. The summed E-state index contributed by atoms with van der Waals surface area (Å²) in [6, 6.07) is 12.0. The van der Waals surface area contributed by atoms with Crippen LogP contribution >= 0.6 is 22.9 Å². The molecular weight excluding hydrogens is 378 g/mol. The van der Waals surface area contributed by atoms with Gasteiger partial charge in [-0.2, -0.15) is 0 Å². The number of amides is 1. The summed E-state index contributed by atoms with van der Waals surface area (Å²) in [7, 11) is 0. The van der Waals surface area contributed by atoms with Gasteiger partial charge < -0.3 is 9.47 Å². The number of aromatic nitrogens is 2. The number of benzene rings is 1. The van der Waals surface area contributed by atoms with Gasteiger partial charge in [0.25, 0.3) is 5.91 Å². The molecular formula is C21H22ClN3OS. The Morgan fingerprint density at radius 1 is 1.19 bits per heavy atom. The van der Waals surface area contributed by atoms with Gasteiger partial charge in [-0.15, -0.1) is 0 Å². The van der Waals surface area contributed by atoms with Gasteiger partial charge in [-0.25, -0.2) is 4.98 Å². The minimum absolute atomic E-state index is 0.101. The molecule has 1 saturated heterocycles. The molecule has 0 radical (unpaired) electrons. The van der Waals surface area contributed by atoms with Gasteiger partial charge >= 0.3 is 0 Å². The standard InChI is InChI=1S/C21H22ClN3OS/c1-15-19(27-21(23-15)24-11-4-5-12-24)20(26)25-13-3-2-6-17(14-25)16-7-9-18(22)10-8-16/h4-5,7-12,17H,2-3,6,13-14H2,1H3. The summed E-state index contributed by atoms with van der Waals surface area (Å²) in [5, 5.41) is 1.59. The molecule has 27 heavy (non-hydrogen) atoms. The number of likely N-dealkylation sites (tertiary alicyclic amines) is 1. The predicted molar refractivity (Wildman–Crippen MR) is 110 cm³/mol. The third kappa shape index (κ3) is 3.94. The van der Waals surface area contributed by atoms with Gasteiger partial charge in [0.2, 0.25) is 0 Å². The molecule has 0 saturated carbocycles. The van der Waals surface area contributed by atoms with Gasteiger partial charge in [0, 0.05) is 36.4 Å². The molecule has 0 aliphatic carbocycles.